The number of nitro groups is 2. The first-order chi connectivity index (χ1) is 29.9. The van der Waals surface area contributed by atoms with Gasteiger partial charge in [0.05, 0.1) is 64.3 Å². The van der Waals surface area contributed by atoms with Crippen LogP contribution >= 0.6 is 0 Å². The molecule has 18 nitrogen and oxygen atoms in total. The number of nitriles is 1. The van der Waals surface area contributed by atoms with Crippen molar-refractivity contribution in [3.63, 3.8) is 0 Å². The van der Waals surface area contributed by atoms with Crippen LogP contribution in [0.5, 0.6) is 0 Å². The van der Waals surface area contributed by atoms with E-state index in [0.29, 0.717) is 41.3 Å². The van der Waals surface area contributed by atoms with Gasteiger partial charge in [-0.25, -0.2) is 19.2 Å². The molecule has 3 aromatic carbocycles. The van der Waals surface area contributed by atoms with Gasteiger partial charge in [0, 0.05) is 54.4 Å². The van der Waals surface area contributed by atoms with Crippen LogP contribution in [-0.4, -0.2) is 79.1 Å². The number of dihydropyridines is 2. The summed E-state index contributed by atoms with van der Waals surface area (Å²) in [5.41, 5.74) is 3.10. The van der Waals surface area contributed by atoms with Gasteiger partial charge in [0.2, 0.25) is 0 Å². The highest BCUT2D eigenvalue weighted by atomic mass is 16.6. The summed E-state index contributed by atoms with van der Waals surface area (Å²) >= 11 is 0. The number of non-ortho nitro benzene ring substituents is 2. The molecule has 63 heavy (non-hydrogen) atoms. The van der Waals surface area contributed by atoms with Gasteiger partial charge in [-0.3, -0.25) is 25.1 Å². The van der Waals surface area contributed by atoms with E-state index in [-0.39, 0.29) is 46.0 Å². The summed E-state index contributed by atoms with van der Waals surface area (Å²) in [5.74, 6) is -4.70. The Morgan fingerprint density at radius 3 is 1.68 bits per heavy atom. The molecule has 0 amide bonds. The zero-order valence-corrected chi connectivity index (χ0v) is 36.0. The van der Waals surface area contributed by atoms with Crippen LogP contribution in [0.1, 0.15) is 63.1 Å². The first-order valence-corrected chi connectivity index (χ1v) is 19.5. The van der Waals surface area contributed by atoms with Crippen LogP contribution in [0.25, 0.3) is 0 Å². The molecule has 5 rings (SSSR count). The van der Waals surface area contributed by atoms with E-state index >= 15 is 0 Å². The number of rotatable bonds is 14. The third-order valence-corrected chi connectivity index (χ3v) is 9.86. The van der Waals surface area contributed by atoms with Crippen molar-refractivity contribution in [3.8, 4) is 6.07 Å². The van der Waals surface area contributed by atoms with Crippen LogP contribution in [0.3, 0.4) is 0 Å². The lowest BCUT2D eigenvalue weighted by atomic mass is 9.80. The molecule has 2 aliphatic rings. The van der Waals surface area contributed by atoms with Crippen LogP contribution in [0.4, 0.5) is 11.4 Å². The molecule has 2 aliphatic heterocycles. The summed E-state index contributed by atoms with van der Waals surface area (Å²) in [7, 11) is 4.33. The number of allylic oxidation sites excluding steroid dienone is 4. The molecule has 0 saturated heterocycles. The molecule has 3 aromatic rings. The molecule has 330 valence electrons. The van der Waals surface area contributed by atoms with E-state index in [1.54, 1.807) is 40.7 Å². The largest absolute Gasteiger partial charge is 0.466 e. The number of esters is 4. The summed E-state index contributed by atoms with van der Waals surface area (Å²) in [6.45, 7) is 9.64. The first kappa shape index (κ1) is 48.0. The summed E-state index contributed by atoms with van der Waals surface area (Å²) in [6.07, 6.45) is -0.429. The van der Waals surface area contributed by atoms with Gasteiger partial charge in [-0.2, -0.15) is 5.26 Å². The Morgan fingerprint density at radius 2 is 1.19 bits per heavy atom. The number of hydrogen-bond acceptors (Lipinski definition) is 16. The molecule has 0 bridgehead atoms. The Morgan fingerprint density at radius 1 is 0.714 bits per heavy atom. The number of carbonyl (C=O) groups is 4. The average molecular weight is 865 g/mol. The van der Waals surface area contributed by atoms with E-state index in [1.165, 1.54) is 49.6 Å². The van der Waals surface area contributed by atoms with Crippen molar-refractivity contribution < 1.29 is 48.0 Å². The molecule has 0 aliphatic carbocycles. The second-order valence-electron chi connectivity index (χ2n) is 14.6. The number of carbonyl (C=O) groups excluding carboxylic acids is 4. The summed E-state index contributed by atoms with van der Waals surface area (Å²) in [5, 5.41) is 37.8. The van der Waals surface area contributed by atoms with Gasteiger partial charge in [-0.1, -0.05) is 54.6 Å². The zero-order valence-electron chi connectivity index (χ0n) is 36.0. The van der Waals surface area contributed by atoms with Gasteiger partial charge in [0.1, 0.15) is 18.4 Å². The highest BCUT2D eigenvalue weighted by Gasteiger charge is 2.40. The van der Waals surface area contributed by atoms with E-state index in [1.807, 2.05) is 48.3 Å². The Hall–Kier alpha value is -7.65. The lowest BCUT2D eigenvalue weighted by Crippen LogP contribution is -2.33. The van der Waals surface area contributed by atoms with Crippen molar-refractivity contribution in [2.24, 2.45) is 0 Å². The van der Waals surface area contributed by atoms with Gasteiger partial charge in [0.25, 0.3) is 11.4 Å². The molecule has 0 radical (unpaired) electrons. The van der Waals surface area contributed by atoms with Crippen LogP contribution in [0.2, 0.25) is 0 Å². The fourth-order valence-electron chi connectivity index (χ4n) is 7.09. The van der Waals surface area contributed by atoms with Gasteiger partial charge in [-0.05, 0) is 58.4 Å². The molecule has 2 heterocycles. The Balaban J connectivity index is 0.000000284. The van der Waals surface area contributed by atoms with E-state index in [4.69, 9.17) is 18.9 Å². The minimum absolute atomic E-state index is 0.0774. The van der Waals surface area contributed by atoms with Gasteiger partial charge in [-0.15, -0.1) is 0 Å². The van der Waals surface area contributed by atoms with Gasteiger partial charge < -0.3 is 29.6 Å². The fraction of sp³-hybridized carbons (Fsp3) is 0.311. The van der Waals surface area contributed by atoms with Crippen molar-refractivity contribution in [2.75, 3.05) is 34.4 Å². The first-order valence-electron chi connectivity index (χ1n) is 19.5. The molecule has 0 spiro atoms. The van der Waals surface area contributed by atoms with E-state index in [0.717, 1.165) is 12.7 Å². The van der Waals surface area contributed by atoms with Gasteiger partial charge >= 0.3 is 23.9 Å². The average Bonchev–Trinajstić information content (AvgIpc) is 3.25. The SMILES string of the molecule is COC(=O)C1=C(C#N)NC(C)=C(C(=O)OC(C)C)C1c1cccc([N+](=O)[O-])c1.COC(=O)C1=C(C)NC(C)=C(C(=O)OCCN(C)Cc2ccccc2)C1c1cccc([N+](=O)[O-])c1. The Labute approximate surface area is 363 Å². The normalized spacial score (nSPS) is 16.0. The summed E-state index contributed by atoms with van der Waals surface area (Å²) < 4.78 is 20.7. The maximum Gasteiger partial charge on any atom is 0.337 e. The van der Waals surface area contributed by atoms with Crippen LogP contribution < -0.4 is 10.6 Å². The number of likely N-dealkylation sites (N-methyl/N-ethyl adjacent to an activating group) is 1. The number of nitro benzene ring substituents is 2. The number of ether oxygens (including phenoxy) is 4. The third kappa shape index (κ3) is 11.8. The molecular formula is C45H48N6O12. The molecule has 2 atom stereocenters. The Bertz CT molecular complexity index is 2450. The van der Waals surface area contributed by atoms with Crippen molar-refractivity contribution in [1.82, 2.24) is 15.5 Å². The van der Waals surface area contributed by atoms with Gasteiger partial charge in [0.15, 0.2) is 0 Å². The van der Waals surface area contributed by atoms with E-state index < -0.39 is 51.7 Å². The third-order valence-electron chi connectivity index (χ3n) is 9.86. The minimum Gasteiger partial charge on any atom is -0.466 e. The molecular weight excluding hydrogens is 817 g/mol. The predicted molar refractivity (Wildman–Crippen MR) is 228 cm³/mol. The molecule has 2 N–H and O–H groups in total. The van der Waals surface area contributed by atoms with E-state index in [2.05, 4.69) is 10.6 Å². The molecule has 2 unspecified atom stereocenters. The maximum absolute atomic E-state index is 13.3. The predicted octanol–water partition coefficient (Wildman–Crippen LogP) is 6.14. The highest BCUT2D eigenvalue weighted by molar-refractivity contribution is 6.01. The van der Waals surface area contributed by atoms with Crippen molar-refractivity contribution in [1.29, 1.82) is 5.26 Å². The second-order valence-corrected chi connectivity index (χ2v) is 14.6. The smallest absolute Gasteiger partial charge is 0.337 e. The lowest BCUT2D eigenvalue weighted by molar-refractivity contribution is -0.385. The number of nitrogens with one attached hydrogen (secondary N) is 2. The van der Waals surface area contributed by atoms with E-state index in [9.17, 15) is 44.7 Å². The van der Waals surface area contributed by atoms with Crippen molar-refractivity contribution in [2.45, 2.75) is 59.1 Å². The topological polar surface area (TPSA) is 243 Å². The number of hydrogen-bond donors (Lipinski definition) is 2. The number of benzene rings is 3. The number of nitrogens with zero attached hydrogens (tertiary/aromatic N) is 4. The molecule has 18 heteroatoms. The quantitative estimate of drug-likeness (QED) is 0.0801. The molecule has 0 fully saturated rings. The zero-order chi connectivity index (χ0) is 46.5. The highest BCUT2D eigenvalue weighted by Crippen LogP contribution is 2.41. The van der Waals surface area contributed by atoms with Crippen LogP contribution in [0, 0.1) is 31.6 Å². The standard InChI is InChI=1S/C26H29N3O6.C19H19N3O6/c1-17-22(25(30)34-4)24(20-11-8-12-21(15-20)29(32)33)23(18(2)27-17)26(31)35-14-13-28(3)16-19-9-6-5-7-10-19;1-10(2)28-19(24)15-11(3)21-14(9-20)17(18(23)27-4)16(15)12-6-5-7-13(8-12)22(25)26/h5-12,15,24,27H,13-14,16H2,1-4H3;5-8,10,16,21H,1-4H3. The van der Waals surface area contributed by atoms with Crippen LogP contribution in [0.15, 0.2) is 124 Å². The second kappa shape index (κ2) is 21.7. The van der Waals surface area contributed by atoms with Crippen LogP contribution in [-0.2, 0) is 44.7 Å². The monoisotopic (exact) mass is 864 g/mol. The molecule has 0 aromatic heterocycles. The van der Waals surface area contributed by atoms with Crippen molar-refractivity contribution >= 4 is 35.3 Å². The summed E-state index contributed by atoms with van der Waals surface area (Å²) in [4.78, 5) is 74.7. The van der Waals surface area contributed by atoms with Crippen molar-refractivity contribution in [3.05, 3.63) is 161 Å². The lowest BCUT2D eigenvalue weighted by Gasteiger charge is -2.30. The fourth-order valence-corrected chi connectivity index (χ4v) is 7.09. The maximum atomic E-state index is 13.3. The minimum atomic E-state index is -1.06. The Kier molecular flexibility index (Phi) is 16.6. The summed E-state index contributed by atoms with van der Waals surface area (Å²) in [6, 6.07) is 23.2. The number of methoxy groups -OCH3 is 2. The molecule has 0 saturated carbocycles.